The third-order valence-electron chi connectivity index (χ3n) is 10.3. The van der Waals surface area contributed by atoms with Crippen LogP contribution < -0.4 is 0 Å². The fraction of sp³-hybridized carbons (Fsp3) is 0.643. The maximum atomic E-state index is 12.7. The van der Waals surface area contributed by atoms with Gasteiger partial charge < -0.3 is 18.9 Å². The van der Waals surface area contributed by atoms with Crippen molar-refractivity contribution < 1.29 is 42.1 Å². The van der Waals surface area contributed by atoms with Crippen molar-refractivity contribution >= 4 is 19.8 Å². The van der Waals surface area contributed by atoms with Gasteiger partial charge in [-0.2, -0.15) is 0 Å². The lowest BCUT2D eigenvalue weighted by molar-refractivity contribution is -0.870. The first-order chi connectivity index (χ1) is 32.0. The number of esters is 2. The van der Waals surface area contributed by atoms with Crippen molar-refractivity contribution in [2.75, 3.05) is 47.5 Å². The van der Waals surface area contributed by atoms with Gasteiger partial charge in [0.05, 0.1) is 27.7 Å². The van der Waals surface area contributed by atoms with Crippen molar-refractivity contribution in [3.8, 4) is 0 Å². The second-order valence-corrected chi connectivity index (χ2v) is 19.3. The molecule has 0 aliphatic carbocycles. The number of hydrogen-bond acceptors (Lipinski definition) is 7. The number of unbranched alkanes of at least 4 members (excludes halogenated alkanes) is 13. The zero-order chi connectivity index (χ0) is 48.5. The molecule has 0 aromatic rings. The second-order valence-electron chi connectivity index (χ2n) is 17.8. The minimum absolute atomic E-state index is 0.0158. The Morgan fingerprint density at radius 2 is 0.864 bits per heavy atom. The molecule has 2 atom stereocenters. The molecule has 10 heteroatoms. The van der Waals surface area contributed by atoms with Gasteiger partial charge in [0.2, 0.25) is 0 Å². The third-order valence-corrected chi connectivity index (χ3v) is 11.3. The van der Waals surface area contributed by atoms with Crippen LogP contribution in [0.25, 0.3) is 0 Å². The Balaban J connectivity index is 4.37. The SMILES string of the molecule is CC/C=C\C/C=C\C/C=C\C/C=C\C/C=C\C/C=C\C/C=C\C/C=C\C/C=C\CCCC(=O)OC(COC(=O)CCCCCCCCCCCCCCC)COP(=O)(O)OCC[N+](C)(C)C. The van der Waals surface area contributed by atoms with Gasteiger partial charge in [0.1, 0.15) is 19.8 Å². The van der Waals surface area contributed by atoms with E-state index in [0.29, 0.717) is 23.9 Å². The molecule has 376 valence electrons. The van der Waals surface area contributed by atoms with Crippen molar-refractivity contribution in [1.29, 1.82) is 0 Å². The quantitative estimate of drug-likeness (QED) is 0.0211. The molecule has 2 unspecified atom stereocenters. The molecule has 0 spiro atoms. The highest BCUT2D eigenvalue weighted by molar-refractivity contribution is 7.47. The van der Waals surface area contributed by atoms with Gasteiger partial charge >= 0.3 is 19.8 Å². The van der Waals surface area contributed by atoms with Crippen molar-refractivity contribution in [2.45, 2.75) is 187 Å². The molecule has 0 bridgehead atoms. The summed E-state index contributed by atoms with van der Waals surface area (Å²) < 4.78 is 34.3. The van der Waals surface area contributed by atoms with Gasteiger partial charge in [-0.3, -0.25) is 18.6 Å². The highest BCUT2D eigenvalue weighted by Gasteiger charge is 2.27. The van der Waals surface area contributed by atoms with Gasteiger partial charge in [0, 0.05) is 12.8 Å². The summed E-state index contributed by atoms with van der Waals surface area (Å²) in [4.78, 5) is 35.5. The van der Waals surface area contributed by atoms with E-state index in [9.17, 15) is 19.0 Å². The number of carbonyl (C=O) groups excluding carboxylic acids is 2. The van der Waals surface area contributed by atoms with Crippen LogP contribution in [-0.2, 0) is 32.7 Å². The lowest BCUT2D eigenvalue weighted by Crippen LogP contribution is -2.37. The lowest BCUT2D eigenvalue weighted by atomic mass is 10.0. The average Bonchev–Trinajstić information content (AvgIpc) is 3.27. The maximum Gasteiger partial charge on any atom is 0.472 e. The first kappa shape index (κ1) is 62.7. The predicted molar refractivity (Wildman–Crippen MR) is 279 cm³/mol. The van der Waals surface area contributed by atoms with E-state index in [1.807, 2.05) is 27.2 Å². The van der Waals surface area contributed by atoms with Gasteiger partial charge in [-0.1, -0.05) is 200 Å². The van der Waals surface area contributed by atoms with Crippen LogP contribution in [0.1, 0.15) is 181 Å². The van der Waals surface area contributed by atoms with Crippen LogP contribution in [0.4, 0.5) is 0 Å². The molecule has 0 radical (unpaired) electrons. The number of phosphoric ester groups is 1. The van der Waals surface area contributed by atoms with E-state index in [1.54, 1.807) is 0 Å². The van der Waals surface area contributed by atoms with Crippen LogP contribution in [0, 0.1) is 0 Å². The predicted octanol–water partition coefficient (Wildman–Crippen LogP) is 15.5. The number of hydrogen-bond donors (Lipinski definition) is 1. The molecule has 0 aliphatic rings. The minimum atomic E-state index is -4.40. The van der Waals surface area contributed by atoms with Crippen LogP contribution in [0.5, 0.6) is 0 Å². The summed E-state index contributed by atoms with van der Waals surface area (Å²) in [7, 11) is 1.43. The van der Waals surface area contributed by atoms with Crippen LogP contribution in [-0.4, -0.2) is 74.9 Å². The van der Waals surface area contributed by atoms with Crippen molar-refractivity contribution in [2.24, 2.45) is 0 Å². The van der Waals surface area contributed by atoms with Crippen molar-refractivity contribution in [3.05, 3.63) is 109 Å². The number of carbonyl (C=O) groups is 2. The number of likely N-dealkylation sites (N-methyl/N-ethyl adjacent to an activating group) is 1. The average molecular weight is 941 g/mol. The van der Waals surface area contributed by atoms with Crippen LogP contribution in [0.2, 0.25) is 0 Å². The van der Waals surface area contributed by atoms with E-state index >= 15 is 0 Å². The molecule has 0 fully saturated rings. The summed E-state index contributed by atoms with van der Waals surface area (Å²) in [5.41, 5.74) is 0. The number of quaternary nitrogens is 1. The van der Waals surface area contributed by atoms with Gasteiger partial charge in [0.15, 0.2) is 6.10 Å². The number of phosphoric acid groups is 1. The fourth-order valence-electron chi connectivity index (χ4n) is 6.37. The molecular weight excluding hydrogens is 846 g/mol. The van der Waals surface area contributed by atoms with Crippen LogP contribution >= 0.6 is 7.82 Å². The summed E-state index contributed by atoms with van der Waals surface area (Å²) in [6.45, 7) is 4.23. The molecule has 0 aliphatic heterocycles. The molecule has 0 aromatic heterocycles. The van der Waals surface area contributed by atoms with Gasteiger partial charge in [0.25, 0.3) is 0 Å². The third kappa shape index (κ3) is 50.1. The summed E-state index contributed by atoms with van der Waals surface area (Å²) >= 11 is 0. The maximum absolute atomic E-state index is 12.7. The summed E-state index contributed by atoms with van der Waals surface area (Å²) in [5.74, 6) is -0.874. The fourth-order valence-corrected chi connectivity index (χ4v) is 7.11. The Labute approximate surface area is 404 Å². The molecule has 0 amide bonds. The van der Waals surface area contributed by atoms with Crippen LogP contribution in [0.15, 0.2) is 109 Å². The highest BCUT2D eigenvalue weighted by atomic mass is 31.2. The summed E-state index contributed by atoms with van der Waals surface area (Å²) in [5, 5.41) is 0. The Bertz CT molecular complexity index is 1480. The standard InChI is InChI=1S/C56H94NO8P/c1-6-8-10-12-14-16-18-20-21-22-23-24-25-26-27-28-29-30-31-32-33-34-35-37-39-41-43-45-47-49-56(59)65-54(53-64-66(60,61)63-51-50-57(3,4)5)52-62-55(58)48-46-44-42-40-38-36-19-17-15-13-11-9-7-2/h8,10,14,16,20-21,23-24,26-27,29-30,32-33,35,37,41,43,54H,6-7,9,11-13,15,17-19,22,25,28,31,34,36,38-40,42,44-53H2,1-5H3/p+1/b10-8-,16-14-,21-20-,24-23-,27-26-,30-29-,33-32-,37-35-,43-41-. The molecule has 0 rings (SSSR count). The van der Waals surface area contributed by atoms with E-state index in [-0.39, 0.29) is 32.0 Å². The first-order valence-corrected chi connectivity index (χ1v) is 27.1. The van der Waals surface area contributed by atoms with E-state index in [0.717, 1.165) is 77.0 Å². The van der Waals surface area contributed by atoms with Gasteiger partial charge in [-0.05, 0) is 77.0 Å². The molecule has 0 aromatic carbocycles. The Kier molecular flexibility index (Phi) is 44.4. The number of nitrogens with zero attached hydrogens (tertiary/aromatic N) is 1. The minimum Gasteiger partial charge on any atom is -0.462 e. The molecule has 0 saturated heterocycles. The molecule has 0 heterocycles. The summed E-state index contributed by atoms with van der Waals surface area (Å²) in [6, 6.07) is 0. The van der Waals surface area contributed by atoms with Crippen molar-refractivity contribution in [1.82, 2.24) is 0 Å². The Morgan fingerprint density at radius 1 is 0.485 bits per heavy atom. The summed E-state index contributed by atoms with van der Waals surface area (Å²) in [6.07, 6.45) is 64.4. The second kappa shape index (κ2) is 46.8. The van der Waals surface area contributed by atoms with E-state index in [4.69, 9.17) is 18.5 Å². The highest BCUT2D eigenvalue weighted by Crippen LogP contribution is 2.43. The van der Waals surface area contributed by atoms with Crippen molar-refractivity contribution in [3.63, 3.8) is 0 Å². The Morgan fingerprint density at radius 3 is 1.27 bits per heavy atom. The number of ether oxygens (including phenoxy) is 2. The normalized spacial score (nSPS) is 14.3. The molecule has 9 nitrogen and oxygen atoms in total. The topological polar surface area (TPSA) is 108 Å². The van der Waals surface area contributed by atoms with Gasteiger partial charge in [-0.25, -0.2) is 4.57 Å². The zero-order valence-electron chi connectivity index (χ0n) is 42.4. The molecule has 1 N–H and O–H groups in total. The van der Waals surface area contributed by atoms with E-state index < -0.39 is 26.5 Å². The smallest absolute Gasteiger partial charge is 0.462 e. The zero-order valence-corrected chi connectivity index (χ0v) is 43.3. The molecule has 66 heavy (non-hydrogen) atoms. The van der Waals surface area contributed by atoms with Crippen LogP contribution in [0.3, 0.4) is 0 Å². The lowest BCUT2D eigenvalue weighted by Gasteiger charge is -2.24. The molecular formula is C56H95NO8P+. The monoisotopic (exact) mass is 941 g/mol. The Hall–Kier alpha value is -3.33. The first-order valence-electron chi connectivity index (χ1n) is 25.6. The molecule has 0 saturated carbocycles. The number of rotatable bonds is 45. The number of allylic oxidation sites excluding steroid dienone is 18. The van der Waals surface area contributed by atoms with E-state index in [1.165, 1.54) is 64.2 Å². The van der Waals surface area contributed by atoms with Gasteiger partial charge in [-0.15, -0.1) is 0 Å². The largest absolute Gasteiger partial charge is 0.472 e. The van der Waals surface area contributed by atoms with E-state index in [2.05, 4.69) is 117 Å².